The Kier molecular flexibility index (Phi) is 2.72. The summed E-state index contributed by atoms with van der Waals surface area (Å²) in [6, 6.07) is 9.96. The zero-order valence-corrected chi connectivity index (χ0v) is 8.87. The number of aromatic carboxylic acids is 1. The molecule has 0 fully saturated rings. The van der Waals surface area contributed by atoms with Crippen molar-refractivity contribution in [2.75, 3.05) is 0 Å². The molecule has 82 valence electrons. The van der Waals surface area contributed by atoms with Crippen LogP contribution in [0.2, 0.25) is 0 Å². The first-order valence-electron chi connectivity index (χ1n) is 5.00. The Bertz CT molecular complexity index is 491. The Balaban J connectivity index is 2.27. The summed E-state index contributed by atoms with van der Waals surface area (Å²) in [4.78, 5) is 14.5. The lowest BCUT2D eigenvalue weighted by atomic mass is 10.1. The van der Waals surface area contributed by atoms with Gasteiger partial charge in [0.25, 0.3) is 0 Å². The Morgan fingerprint density at radius 3 is 2.62 bits per heavy atom. The van der Waals surface area contributed by atoms with Gasteiger partial charge in [-0.15, -0.1) is 0 Å². The van der Waals surface area contributed by atoms with E-state index in [1.807, 2.05) is 37.3 Å². The molecule has 1 atom stereocenters. The van der Waals surface area contributed by atoms with E-state index in [1.54, 1.807) is 17.1 Å². The number of hydrogen-bond donors (Lipinski definition) is 1. The van der Waals surface area contributed by atoms with Gasteiger partial charge in [0.05, 0.1) is 12.4 Å². The fourth-order valence-electron chi connectivity index (χ4n) is 1.56. The monoisotopic (exact) mass is 216 g/mol. The topological polar surface area (TPSA) is 55.1 Å². The molecule has 2 rings (SSSR count). The van der Waals surface area contributed by atoms with Crippen LogP contribution in [-0.4, -0.2) is 20.6 Å². The number of carboxylic acid groups (broad SMARTS) is 1. The summed E-state index contributed by atoms with van der Waals surface area (Å²) in [7, 11) is 0. The average Bonchev–Trinajstić information content (AvgIpc) is 2.78. The first-order chi connectivity index (χ1) is 7.68. The van der Waals surface area contributed by atoms with Crippen LogP contribution in [0, 0.1) is 0 Å². The quantitative estimate of drug-likeness (QED) is 0.855. The van der Waals surface area contributed by atoms with Crippen molar-refractivity contribution in [2.24, 2.45) is 0 Å². The van der Waals surface area contributed by atoms with Gasteiger partial charge in [0.1, 0.15) is 0 Å². The molecule has 2 aromatic rings. The second-order valence-corrected chi connectivity index (χ2v) is 3.60. The van der Waals surface area contributed by atoms with Gasteiger partial charge in [-0.2, -0.15) is 0 Å². The highest BCUT2D eigenvalue weighted by Gasteiger charge is 2.11. The number of hydrogen-bond acceptors (Lipinski definition) is 2. The van der Waals surface area contributed by atoms with Crippen LogP contribution in [-0.2, 0) is 0 Å². The Morgan fingerprint density at radius 1 is 1.38 bits per heavy atom. The zero-order chi connectivity index (χ0) is 11.5. The van der Waals surface area contributed by atoms with Gasteiger partial charge >= 0.3 is 5.97 Å². The third-order valence-corrected chi connectivity index (χ3v) is 2.55. The van der Waals surface area contributed by atoms with E-state index in [-0.39, 0.29) is 11.7 Å². The number of benzene rings is 1. The molecule has 0 unspecified atom stereocenters. The van der Waals surface area contributed by atoms with Gasteiger partial charge in [-0.25, -0.2) is 9.78 Å². The Hall–Kier alpha value is -2.10. The minimum absolute atomic E-state index is 0.0720. The van der Waals surface area contributed by atoms with E-state index in [4.69, 9.17) is 5.11 Å². The minimum atomic E-state index is -1.00. The molecule has 0 aliphatic rings. The number of carboxylic acids is 1. The van der Waals surface area contributed by atoms with Crippen LogP contribution in [0.1, 0.15) is 29.0 Å². The lowest BCUT2D eigenvalue weighted by Crippen LogP contribution is -2.04. The first-order valence-corrected chi connectivity index (χ1v) is 5.00. The molecule has 0 radical (unpaired) electrons. The molecule has 4 heteroatoms. The maximum absolute atomic E-state index is 10.7. The highest BCUT2D eigenvalue weighted by atomic mass is 16.4. The van der Waals surface area contributed by atoms with E-state index in [1.165, 1.54) is 0 Å². The summed E-state index contributed by atoms with van der Waals surface area (Å²) < 4.78 is 1.79. The maximum atomic E-state index is 10.7. The average molecular weight is 216 g/mol. The molecule has 1 N–H and O–H groups in total. The van der Waals surface area contributed by atoms with Crippen LogP contribution < -0.4 is 0 Å². The molecule has 0 saturated carbocycles. The van der Waals surface area contributed by atoms with Gasteiger partial charge in [0.15, 0.2) is 5.69 Å². The predicted molar refractivity (Wildman–Crippen MR) is 59.4 cm³/mol. The molecular formula is C12H12N2O2. The number of imidazole rings is 1. The maximum Gasteiger partial charge on any atom is 0.356 e. The van der Waals surface area contributed by atoms with Crippen molar-refractivity contribution >= 4 is 5.97 Å². The van der Waals surface area contributed by atoms with Gasteiger partial charge in [-0.1, -0.05) is 30.3 Å². The SMILES string of the molecule is C[C@@H](c1ccccc1)n1cnc(C(=O)O)c1. The summed E-state index contributed by atoms with van der Waals surface area (Å²) >= 11 is 0. The second kappa shape index (κ2) is 4.18. The smallest absolute Gasteiger partial charge is 0.356 e. The molecular weight excluding hydrogens is 204 g/mol. The summed E-state index contributed by atoms with van der Waals surface area (Å²) in [5, 5.41) is 8.77. The molecule has 0 spiro atoms. The van der Waals surface area contributed by atoms with Crippen molar-refractivity contribution in [1.29, 1.82) is 0 Å². The molecule has 0 bridgehead atoms. The molecule has 16 heavy (non-hydrogen) atoms. The molecule has 0 aliphatic carbocycles. The third kappa shape index (κ3) is 1.95. The van der Waals surface area contributed by atoms with Crippen LogP contribution in [0.4, 0.5) is 0 Å². The van der Waals surface area contributed by atoms with Crippen LogP contribution in [0.3, 0.4) is 0 Å². The molecule has 0 saturated heterocycles. The number of aromatic nitrogens is 2. The van der Waals surface area contributed by atoms with Crippen molar-refractivity contribution in [1.82, 2.24) is 9.55 Å². The van der Waals surface area contributed by atoms with E-state index in [0.717, 1.165) is 5.56 Å². The number of carbonyl (C=O) groups is 1. The molecule has 1 heterocycles. The Labute approximate surface area is 93.2 Å². The Morgan fingerprint density at radius 2 is 2.06 bits per heavy atom. The fourth-order valence-corrected chi connectivity index (χ4v) is 1.56. The standard InChI is InChI=1S/C12H12N2O2/c1-9(10-5-3-2-4-6-10)14-7-11(12(15)16)13-8-14/h2-9H,1H3,(H,15,16)/t9-/m0/s1. The largest absolute Gasteiger partial charge is 0.476 e. The second-order valence-electron chi connectivity index (χ2n) is 3.60. The van der Waals surface area contributed by atoms with Crippen molar-refractivity contribution in [2.45, 2.75) is 13.0 Å². The van der Waals surface area contributed by atoms with E-state index in [2.05, 4.69) is 4.98 Å². The molecule has 0 amide bonds. The molecule has 0 aliphatic heterocycles. The molecule has 1 aromatic carbocycles. The summed E-state index contributed by atoms with van der Waals surface area (Å²) in [5.41, 5.74) is 1.19. The van der Waals surface area contributed by atoms with E-state index < -0.39 is 5.97 Å². The van der Waals surface area contributed by atoms with E-state index >= 15 is 0 Å². The summed E-state index contributed by atoms with van der Waals surface area (Å²) in [6.07, 6.45) is 3.08. The third-order valence-electron chi connectivity index (χ3n) is 2.55. The number of nitrogens with zero attached hydrogens (tertiary/aromatic N) is 2. The lowest BCUT2D eigenvalue weighted by molar-refractivity contribution is 0.0691. The summed E-state index contributed by atoms with van der Waals surface area (Å²) in [6.45, 7) is 2.00. The lowest BCUT2D eigenvalue weighted by Gasteiger charge is -2.12. The van der Waals surface area contributed by atoms with Crippen LogP contribution in [0.5, 0.6) is 0 Å². The van der Waals surface area contributed by atoms with Crippen molar-refractivity contribution in [3.8, 4) is 0 Å². The minimum Gasteiger partial charge on any atom is -0.476 e. The normalized spacial score (nSPS) is 12.3. The van der Waals surface area contributed by atoms with Crippen LogP contribution in [0.25, 0.3) is 0 Å². The predicted octanol–water partition coefficient (Wildman–Crippen LogP) is 2.19. The van der Waals surface area contributed by atoms with Crippen LogP contribution in [0.15, 0.2) is 42.9 Å². The van der Waals surface area contributed by atoms with E-state index in [9.17, 15) is 4.79 Å². The van der Waals surface area contributed by atoms with Gasteiger partial charge < -0.3 is 9.67 Å². The van der Waals surface area contributed by atoms with Crippen molar-refractivity contribution < 1.29 is 9.90 Å². The highest BCUT2D eigenvalue weighted by Crippen LogP contribution is 2.17. The van der Waals surface area contributed by atoms with Crippen molar-refractivity contribution in [3.63, 3.8) is 0 Å². The molecule has 1 aromatic heterocycles. The van der Waals surface area contributed by atoms with E-state index in [0.29, 0.717) is 0 Å². The number of rotatable bonds is 3. The summed E-state index contributed by atoms with van der Waals surface area (Å²) in [5.74, 6) is -1.00. The van der Waals surface area contributed by atoms with Crippen LogP contribution >= 0.6 is 0 Å². The van der Waals surface area contributed by atoms with Gasteiger partial charge in [-0.05, 0) is 12.5 Å². The van der Waals surface area contributed by atoms with Crippen molar-refractivity contribution in [3.05, 3.63) is 54.1 Å². The van der Waals surface area contributed by atoms with Gasteiger partial charge in [0.2, 0.25) is 0 Å². The highest BCUT2D eigenvalue weighted by molar-refractivity contribution is 5.84. The van der Waals surface area contributed by atoms with Gasteiger partial charge in [-0.3, -0.25) is 0 Å². The van der Waals surface area contributed by atoms with Gasteiger partial charge in [0, 0.05) is 6.20 Å². The zero-order valence-electron chi connectivity index (χ0n) is 8.87. The fraction of sp³-hybridized carbons (Fsp3) is 0.167. The molecule has 4 nitrogen and oxygen atoms in total. The first kappa shape index (κ1) is 10.4.